The third-order valence-electron chi connectivity index (χ3n) is 2.86. The SMILES string of the molecule is O=C1c2ccccc2[C@H]2OC[C@H](O)CN12. The highest BCUT2D eigenvalue weighted by Crippen LogP contribution is 2.36. The molecule has 15 heavy (non-hydrogen) atoms. The standard InChI is InChI=1S/C11H11NO3/c13-7-5-12-10(14)8-3-1-2-4-9(8)11(12)15-6-7/h1-4,7,11,13H,5-6H2/t7-,11-/m1/s1. The Labute approximate surface area is 87.1 Å². The molecule has 1 amide bonds. The fourth-order valence-corrected chi connectivity index (χ4v) is 2.18. The Hall–Kier alpha value is -1.39. The molecule has 4 heteroatoms. The molecule has 0 saturated carbocycles. The Morgan fingerprint density at radius 3 is 3.07 bits per heavy atom. The van der Waals surface area contributed by atoms with Crippen LogP contribution in [0.1, 0.15) is 22.1 Å². The van der Waals surface area contributed by atoms with Gasteiger partial charge in [-0.2, -0.15) is 0 Å². The quantitative estimate of drug-likeness (QED) is 0.672. The molecule has 3 rings (SSSR count). The molecule has 2 atom stereocenters. The summed E-state index contributed by atoms with van der Waals surface area (Å²) in [5, 5.41) is 9.43. The molecule has 0 bridgehead atoms. The molecule has 2 aliphatic rings. The summed E-state index contributed by atoms with van der Waals surface area (Å²) in [4.78, 5) is 13.5. The van der Waals surface area contributed by atoms with Gasteiger partial charge >= 0.3 is 0 Å². The third-order valence-corrected chi connectivity index (χ3v) is 2.86. The van der Waals surface area contributed by atoms with Gasteiger partial charge in [-0.15, -0.1) is 0 Å². The van der Waals surface area contributed by atoms with Crippen molar-refractivity contribution in [3.05, 3.63) is 35.4 Å². The van der Waals surface area contributed by atoms with Crippen LogP contribution < -0.4 is 0 Å². The molecular weight excluding hydrogens is 194 g/mol. The highest BCUT2D eigenvalue weighted by Gasteiger charge is 2.40. The Balaban J connectivity index is 2.05. The van der Waals surface area contributed by atoms with E-state index < -0.39 is 6.10 Å². The zero-order valence-corrected chi connectivity index (χ0v) is 8.09. The van der Waals surface area contributed by atoms with Crippen LogP contribution in [-0.2, 0) is 4.74 Å². The van der Waals surface area contributed by atoms with Gasteiger partial charge in [-0.05, 0) is 6.07 Å². The van der Waals surface area contributed by atoms with Gasteiger partial charge in [0.1, 0.15) is 0 Å². The first kappa shape index (κ1) is 8.88. The second kappa shape index (κ2) is 3.05. The molecule has 2 heterocycles. The van der Waals surface area contributed by atoms with Gasteiger partial charge in [0, 0.05) is 11.1 Å². The van der Waals surface area contributed by atoms with Crippen LogP contribution in [0.2, 0.25) is 0 Å². The minimum absolute atomic E-state index is 0.0469. The second-order valence-electron chi connectivity index (χ2n) is 3.88. The van der Waals surface area contributed by atoms with Crippen molar-refractivity contribution in [2.75, 3.05) is 13.2 Å². The van der Waals surface area contributed by atoms with E-state index in [-0.39, 0.29) is 12.1 Å². The summed E-state index contributed by atoms with van der Waals surface area (Å²) in [6.45, 7) is 0.654. The number of ether oxygens (including phenoxy) is 1. The van der Waals surface area contributed by atoms with E-state index >= 15 is 0 Å². The van der Waals surface area contributed by atoms with E-state index in [2.05, 4.69) is 0 Å². The first-order chi connectivity index (χ1) is 7.27. The maximum absolute atomic E-state index is 11.9. The van der Waals surface area contributed by atoms with Crippen LogP contribution in [-0.4, -0.2) is 35.2 Å². The lowest BCUT2D eigenvalue weighted by Crippen LogP contribution is -2.43. The van der Waals surface area contributed by atoms with Crippen molar-refractivity contribution >= 4 is 5.91 Å². The van der Waals surface area contributed by atoms with Crippen molar-refractivity contribution in [3.63, 3.8) is 0 Å². The Morgan fingerprint density at radius 1 is 1.40 bits per heavy atom. The highest BCUT2D eigenvalue weighted by molar-refractivity contribution is 5.99. The number of amides is 1. The lowest BCUT2D eigenvalue weighted by molar-refractivity contribution is -0.122. The monoisotopic (exact) mass is 205 g/mol. The molecule has 2 aliphatic heterocycles. The van der Waals surface area contributed by atoms with Crippen LogP contribution in [0.4, 0.5) is 0 Å². The summed E-state index contributed by atoms with van der Waals surface area (Å²) in [5.74, 6) is -0.0469. The maximum atomic E-state index is 11.9. The average Bonchev–Trinajstić information content (AvgIpc) is 2.54. The molecule has 0 aromatic heterocycles. The summed E-state index contributed by atoms with van der Waals surface area (Å²) in [6, 6.07) is 7.43. The molecule has 4 nitrogen and oxygen atoms in total. The molecule has 78 valence electrons. The molecular formula is C11H11NO3. The predicted molar refractivity (Wildman–Crippen MR) is 52.2 cm³/mol. The fourth-order valence-electron chi connectivity index (χ4n) is 2.18. The molecule has 0 radical (unpaired) electrons. The van der Waals surface area contributed by atoms with Gasteiger partial charge in [-0.3, -0.25) is 4.79 Å². The van der Waals surface area contributed by atoms with E-state index in [1.807, 2.05) is 18.2 Å². The molecule has 0 spiro atoms. The number of carbonyl (C=O) groups is 1. The van der Waals surface area contributed by atoms with Crippen molar-refractivity contribution in [2.45, 2.75) is 12.3 Å². The van der Waals surface area contributed by atoms with Crippen LogP contribution in [0.15, 0.2) is 24.3 Å². The predicted octanol–water partition coefficient (Wildman–Crippen LogP) is 0.532. The summed E-state index contributed by atoms with van der Waals surface area (Å²) in [7, 11) is 0. The number of aliphatic hydroxyl groups is 1. The minimum atomic E-state index is -0.570. The molecule has 1 N–H and O–H groups in total. The molecule has 1 aromatic carbocycles. The van der Waals surface area contributed by atoms with E-state index in [9.17, 15) is 9.90 Å². The lowest BCUT2D eigenvalue weighted by atomic mass is 10.1. The normalized spacial score (nSPS) is 28.9. The number of aliphatic hydroxyl groups excluding tert-OH is 1. The van der Waals surface area contributed by atoms with Crippen molar-refractivity contribution in [1.29, 1.82) is 0 Å². The van der Waals surface area contributed by atoms with Crippen LogP contribution >= 0.6 is 0 Å². The molecule has 0 aliphatic carbocycles. The van der Waals surface area contributed by atoms with Crippen molar-refractivity contribution in [3.8, 4) is 0 Å². The Bertz CT molecular complexity index is 418. The molecule has 0 unspecified atom stereocenters. The zero-order chi connectivity index (χ0) is 10.4. The summed E-state index contributed by atoms with van der Waals surface area (Å²) in [5.41, 5.74) is 1.60. The number of rotatable bonds is 0. The number of nitrogens with zero attached hydrogens (tertiary/aromatic N) is 1. The van der Waals surface area contributed by atoms with E-state index in [0.717, 1.165) is 5.56 Å². The van der Waals surface area contributed by atoms with Crippen LogP contribution in [0.25, 0.3) is 0 Å². The van der Waals surface area contributed by atoms with E-state index in [1.54, 1.807) is 11.0 Å². The van der Waals surface area contributed by atoms with Gasteiger partial charge in [-0.1, -0.05) is 18.2 Å². The first-order valence-electron chi connectivity index (χ1n) is 4.97. The van der Waals surface area contributed by atoms with Gasteiger partial charge in [0.05, 0.1) is 19.3 Å². The van der Waals surface area contributed by atoms with Crippen LogP contribution in [0.3, 0.4) is 0 Å². The number of hydrogen-bond acceptors (Lipinski definition) is 3. The topological polar surface area (TPSA) is 49.8 Å². The Morgan fingerprint density at radius 2 is 2.20 bits per heavy atom. The van der Waals surface area contributed by atoms with Crippen LogP contribution in [0, 0.1) is 0 Å². The van der Waals surface area contributed by atoms with Gasteiger partial charge in [0.2, 0.25) is 0 Å². The smallest absolute Gasteiger partial charge is 0.256 e. The van der Waals surface area contributed by atoms with Crippen molar-refractivity contribution in [1.82, 2.24) is 4.90 Å². The lowest BCUT2D eigenvalue weighted by Gasteiger charge is -2.32. The largest absolute Gasteiger partial charge is 0.389 e. The Kier molecular flexibility index (Phi) is 1.81. The summed E-state index contributed by atoms with van der Waals surface area (Å²) >= 11 is 0. The first-order valence-corrected chi connectivity index (χ1v) is 4.97. The van der Waals surface area contributed by atoms with Crippen molar-refractivity contribution in [2.24, 2.45) is 0 Å². The van der Waals surface area contributed by atoms with Crippen molar-refractivity contribution < 1.29 is 14.6 Å². The van der Waals surface area contributed by atoms with Gasteiger partial charge in [-0.25, -0.2) is 0 Å². The fraction of sp³-hybridized carbons (Fsp3) is 0.364. The summed E-state index contributed by atoms with van der Waals surface area (Å²) < 4.78 is 5.47. The molecule has 1 saturated heterocycles. The van der Waals surface area contributed by atoms with Gasteiger partial charge in [0.15, 0.2) is 6.23 Å². The van der Waals surface area contributed by atoms with Gasteiger partial charge < -0.3 is 14.7 Å². The summed E-state index contributed by atoms with van der Waals surface area (Å²) in [6.07, 6.45) is -0.864. The number of carbonyl (C=O) groups excluding carboxylic acids is 1. The number of fused-ring (bicyclic) bond motifs is 3. The maximum Gasteiger partial charge on any atom is 0.256 e. The third kappa shape index (κ3) is 1.19. The molecule has 1 fully saturated rings. The minimum Gasteiger partial charge on any atom is -0.389 e. The highest BCUT2D eigenvalue weighted by atomic mass is 16.5. The average molecular weight is 205 g/mol. The second-order valence-corrected chi connectivity index (χ2v) is 3.88. The van der Waals surface area contributed by atoms with E-state index in [1.165, 1.54) is 0 Å². The van der Waals surface area contributed by atoms with Crippen LogP contribution in [0.5, 0.6) is 0 Å². The van der Waals surface area contributed by atoms with Gasteiger partial charge in [0.25, 0.3) is 5.91 Å². The zero-order valence-electron chi connectivity index (χ0n) is 8.09. The van der Waals surface area contributed by atoms with E-state index in [4.69, 9.17) is 4.74 Å². The van der Waals surface area contributed by atoms with E-state index in [0.29, 0.717) is 18.7 Å². The number of benzene rings is 1. The molecule has 1 aromatic rings. The number of hydrogen-bond donors (Lipinski definition) is 1.